The largest absolute Gasteiger partial charge is 0.393 e. The number of aliphatic hydroxyl groups excluding tert-OH is 1. The maximum atomic E-state index is 11.6. The molecule has 1 amide bonds. The molecule has 1 atom stereocenters. The third-order valence-electron chi connectivity index (χ3n) is 2.35. The maximum absolute atomic E-state index is 11.6. The molecule has 1 aliphatic rings. The van der Waals surface area contributed by atoms with Gasteiger partial charge in [-0.3, -0.25) is 4.79 Å². The molecule has 0 radical (unpaired) electrons. The minimum Gasteiger partial charge on any atom is -0.393 e. The second kappa shape index (κ2) is 5.98. The first kappa shape index (κ1) is 11.5. The molecule has 1 fully saturated rings. The van der Waals surface area contributed by atoms with E-state index in [0.717, 1.165) is 19.6 Å². The summed E-state index contributed by atoms with van der Waals surface area (Å²) in [5.41, 5.74) is 0. The van der Waals surface area contributed by atoms with Crippen LogP contribution in [0.2, 0.25) is 0 Å². The summed E-state index contributed by atoms with van der Waals surface area (Å²) in [6.45, 7) is 4.58. The Hall–Kier alpha value is -0.610. The molecule has 0 saturated carbocycles. The Morgan fingerprint density at radius 2 is 2.29 bits per heavy atom. The molecular formula is C10H19NO3. The minimum atomic E-state index is -0.387. The van der Waals surface area contributed by atoms with E-state index in [9.17, 15) is 4.79 Å². The van der Waals surface area contributed by atoms with E-state index in [4.69, 9.17) is 9.84 Å². The van der Waals surface area contributed by atoms with Crippen molar-refractivity contribution in [1.82, 2.24) is 4.90 Å². The molecule has 82 valence electrons. The average molecular weight is 201 g/mol. The van der Waals surface area contributed by atoms with Crippen LogP contribution in [0.5, 0.6) is 0 Å². The van der Waals surface area contributed by atoms with Crippen molar-refractivity contribution in [2.75, 3.05) is 26.3 Å². The van der Waals surface area contributed by atoms with Gasteiger partial charge in [0.1, 0.15) is 0 Å². The van der Waals surface area contributed by atoms with Crippen LogP contribution in [-0.2, 0) is 9.53 Å². The summed E-state index contributed by atoms with van der Waals surface area (Å²) < 4.78 is 5.26. The molecular weight excluding hydrogens is 182 g/mol. The fourth-order valence-corrected chi connectivity index (χ4v) is 1.49. The highest BCUT2D eigenvalue weighted by molar-refractivity contribution is 5.76. The lowest BCUT2D eigenvalue weighted by Gasteiger charge is -2.19. The smallest absolute Gasteiger partial charge is 0.222 e. The second-order valence-corrected chi connectivity index (χ2v) is 3.73. The number of hydrogen-bond donors (Lipinski definition) is 1. The molecule has 1 heterocycles. The maximum Gasteiger partial charge on any atom is 0.222 e. The summed E-state index contributed by atoms with van der Waals surface area (Å²) in [5.74, 6) is 0.136. The summed E-state index contributed by atoms with van der Waals surface area (Å²) in [7, 11) is 0. The van der Waals surface area contributed by atoms with Gasteiger partial charge in [0, 0.05) is 26.1 Å². The SMILES string of the molecule is CC(O)CCC(=O)N1CCCOCC1. The predicted octanol–water partition coefficient (Wildman–Crippen LogP) is 0.396. The van der Waals surface area contributed by atoms with Crippen molar-refractivity contribution < 1.29 is 14.6 Å². The molecule has 1 saturated heterocycles. The number of amides is 1. The Balaban J connectivity index is 2.27. The Morgan fingerprint density at radius 3 is 3.00 bits per heavy atom. The van der Waals surface area contributed by atoms with Crippen molar-refractivity contribution in [2.45, 2.75) is 32.3 Å². The van der Waals surface area contributed by atoms with Crippen molar-refractivity contribution >= 4 is 5.91 Å². The van der Waals surface area contributed by atoms with Crippen molar-refractivity contribution in [3.05, 3.63) is 0 Å². The molecule has 1 aliphatic heterocycles. The summed E-state index contributed by atoms with van der Waals surface area (Å²) in [4.78, 5) is 13.4. The van der Waals surface area contributed by atoms with E-state index in [1.54, 1.807) is 6.92 Å². The van der Waals surface area contributed by atoms with Crippen molar-refractivity contribution in [1.29, 1.82) is 0 Å². The fraction of sp³-hybridized carbons (Fsp3) is 0.900. The van der Waals surface area contributed by atoms with Gasteiger partial charge in [0.2, 0.25) is 5.91 Å². The van der Waals surface area contributed by atoms with Crippen LogP contribution in [0.3, 0.4) is 0 Å². The number of rotatable bonds is 3. The van der Waals surface area contributed by atoms with Gasteiger partial charge in [-0.05, 0) is 19.8 Å². The molecule has 0 aromatic heterocycles. The highest BCUT2D eigenvalue weighted by atomic mass is 16.5. The molecule has 0 aromatic carbocycles. The molecule has 1 unspecified atom stereocenters. The van der Waals surface area contributed by atoms with E-state index >= 15 is 0 Å². The van der Waals surface area contributed by atoms with Crippen LogP contribution in [-0.4, -0.2) is 48.3 Å². The number of ether oxygens (including phenoxy) is 1. The van der Waals surface area contributed by atoms with Gasteiger partial charge in [0.05, 0.1) is 12.7 Å². The van der Waals surface area contributed by atoms with Crippen LogP contribution in [0.15, 0.2) is 0 Å². The third-order valence-corrected chi connectivity index (χ3v) is 2.35. The summed E-state index contributed by atoms with van der Waals surface area (Å²) in [5, 5.41) is 9.06. The van der Waals surface area contributed by atoms with Crippen LogP contribution in [0.1, 0.15) is 26.2 Å². The molecule has 0 spiro atoms. The van der Waals surface area contributed by atoms with E-state index in [0.29, 0.717) is 26.0 Å². The van der Waals surface area contributed by atoms with Gasteiger partial charge in [-0.1, -0.05) is 0 Å². The van der Waals surface area contributed by atoms with E-state index in [-0.39, 0.29) is 12.0 Å². The third kappa shape index (κ3) is 4.07. The lowest BCUT2D eigenvalue weighted by Crippen LogP contribution is -2.33. The minimum absolute atomic E-state index is 0.136. The topological polar surface area (TPSA) is 49.8 Å². The number of carbonyl (C=O) groups is 1. The monoisotopic (exact) mass is 201 g/mol. The summed E-state index contributed by atoms with van der Waals surface area (Å²) in [6, 6.07) is 0. The van der Waals surface area contributed by atoms with E-state index in [1.165, 1.54) is 0 Å². The lowest BCUT2D eigenvalue weighted by atomic mass is 10.2. The van der Waals surface area contributed by atoms with Gasteiger partial charge in [0.25, 0.3) is 0 Å². The lowest BCUT2D eigenvalue weighted by molar-refractivity contribution is -0.131. The fourth-order valence-electron chi connectivity index (χ4n) is 1.49. The molecule has 1 rings (SSSR count). The first-order valence-corrected chi connectivity index (χ1v) is 5.23. The first-order valence-electron chi connectivity index (χ1n) is 5.23. The molecule has 4 nitrogen and oxygen atoms in total. The van der Waals surface area contributed by atoms with E-state index in [1.807, 2.05) is 4.90 Å². The Bertz CT molecular complexity index is 174. The second-order valence-electron chi connectivity index (χ2n) is 3.73. The first-order chi connectivity index (χ1) is 6.70. The van der Waals surface area contributed by atoms with Crippen LogP contribution in [0, 0.1) is 0 Å². The summed E-state index contributed by atoms with van der Waals surface area (Å²) in [6.07, 6.45) is 1.52. The van der Waals surface area contributed by atoms with Crippen LogP contribution < -0.4 is 0 Å². The number of nitrogens with zero attached hydrogens (tertiary/aromatic N) is 1. The van der Waals surface area contributed by atoms with Gasteiger partial charge in [0.15, 0.2) is 0 Å². The van der Waals surface area contributed by atoms with Crippen molar-refractivity contribution in [3.8, 4) is 0 Å². The highest BCUT2D eigenvalue weighted by Crippen LogP contribution is 2.05. The van der Waals surface area contributed by atoms with Gasteiger partial charge in [-0.25, -0.2) is 0 Å². The predicted molar refractivity (Wildman–Crippen MR) is 52.9 cm³/mol. The van der Waals surface area contributed by atoms with E-state index in [2.05, 4.69) is 0 Å². The van der Waals surface area contributed by atoms with Crippen molar-refractivity contribution in [2.24, 2.45) is 0 Å². The zero-order valence-corrected chi connectivity index (χ0v) is 8.74. The molecule has 0 bridgehead atoms. The Morgan fingerprint density at radius 1 is 1.50 bits per heavy atom. The van der Waals surface area contributed by atoms with E-state index < -0.39 is 0 Å². The van der Waals surface area contributed by atoms with Crippen LogP contribution in [0.4, 0.5) is 0 Å². The normalized spacial score (nSPS) is 20.3. The molecule has 4 heteroatoms. The van der Waals surface area contributed by atoms with Gasteiger partial charge in [-0.15, -0.1) is 0 Å². The van der Waals surface area contributed by atoms with Gasteiger partial charge >= 0.3 is 0 Å². The van der Waals surface area contributed by atoms with Crippen molar-refractivity contribution in [3.63, 3.8) is 0 Å². The number of aliphatic hydroxyl groups is 1. The number of hydrogen-bond acceptors (Lipinski definition) is 3. The molecule has 14 heavy (non-hydrogen) atoms. The highest BCUT2D eigenvalue weighted by Gasteiger charge is 2.15. The Kier molecular flexibility index (Phi) is 4.90. The zero-order chi connectivity index (χ0) is 10.4. The summed E-state index contributed by atoms with van der Waals surface area (Å²) >= 11 is 0. The standard InChI is InChI=1S/C10H19NO3/c1-9(12)3-4-10(13)11-5-2-7-14-8-6-11/h9,12H,2-8H2,1H3. The molecule has 1 N–H and O–H groups in total. The molecule has 0 aromatic rings. The average Bonchev–Trinajstić information content (AvgIpc) is 2.42. The quantitative estimate of drug-likeness (QED) is 0.719. The Labute approximate surface area is 84.8 Å². The molecule has 0 aliphatic carbocycles. The van der Waals surface area contributed by atoms with Crippen LogP contribution in [0.25, 0.3) is 0 Å². The zero-order valence-electron chi connectivity index (χ0n) is 8.74. The van der Waals surface area contributed by atoms with Gasteiger partial charge < -0.3 is 14.7 Å². The number of carbonyl (C=O) groups excluding carboxylic acids is 1. The van der Waals surface area contributed by atoms with Crippen LogP contribution >= 0.6 is 0 Å². The van der Waals surface area contributed by atoms with Gasteiger partial charge in [-0.2, -0.15) is 0 Å².